The smallest absolute Gasteiger partial charge is 0.119 e. The number of methoxy groups -OCH3 is 1. The van der Waals surface area contributed by atoms with Crippen LogP contribution in [-0.4, -0.2) is 35.2 Å². The molecule has 1 saturated heterocycles. The highest BCUT2D eigenvalue weighted by Gasteiger charge is 2.33. The van der Waals surface area contributed by atoms with Gasteiger partial charge >= 0.3 is 0 Å². The van der Waals surface area contributed by atoms with Crippen LogP contribution in [0.25, 0.3) is 11.1 Å². The second-order valence-corrected chi connectivity index (χ2v) is 7.48. The van der Waals surface area contributed by atoms with Crippen molar-refractivity contribution in [2.75, 3.05) is 20.2 Å². The van der Waals surface area contributed by atoms with E-state index in [2.05, 4.69) is 46.3 Å². The van der Waals surface area contributed by atoms with E-state index in [-0.39, 0.29) is 12.4 Å². The molecule has 1 fully saturated rings. The largest absolute Gasteiger partial charge is 0.497 e. The summed E-state index contributed by atoms with van der Waals surface area (Å²) >= 11 is 0. The molecule has 0 spiro atoms. The first kappa shape index (κ1) is 21.3. The van der Waals surface area contributed by atoms with Crippen molar-refractivity contribution in [2.24, 2.45) is 0 Å². The van der Waals surface area contributed by atoms with E-state index in [1.807, 2.05) is 24.3 Å². The molecular formula is C24H27ClN2O2. The lowest BCUT2D eigenvalue weighted by Gasteiger charge is -2.38. The summed E-state index contributed by atoms with van der Waals surface area (Å²) in [7, 11) is 1.69. The number of ether oxygens (including phenoxy) is 1. The molecule has 0 radical (unpaired) electrons. The van der Waals surface area contributed by atoms with E-state index in [0.717, 1.165) is 49.4 Å². The molecule has 0 bridgehead atoms. The van der Waals surface area contributed by atoms with E-state index in [1.54, 1.807) is 19.5 Å². The molecule has 4 rings (SSSR count). The zero-order valence-electron chi connectivity index (χ0n) is 16.6. The SMILES string of the molecule is COc1cccc(-c2ccc(CN3CCC(O)(c4cccnc4)CC3)cc2)c1.Cl. The standard InChI is InChI=1S/C24H26N2O2.ClH/c1-28-23-6-2-4-21(16-23)20-9-7-19(8-10-20)18-26-14-11-24(27,12-15-26)22-5-3-13-25-17-22;/h2-10,13,16-17,27H,11-12,14-15,18H2,1H3;1H. The molecule has 29 heavy (non-hydrogen) atoms. The van der Waals surface area contributed by atoms with Crippen LogP contribution in [0.2, 0.25) is 0 Å². The van der Waals surface area contributed by atoms with Crippen LogP contribution in [0.5, 0.6) is 5.75 Å². The van der Waals surface area contributed by atoms with Gasteiger partial charge in [0.2, 0.25) is 0 Å². The van der Waals surface area contributed by atoms with Crippen molar-refractivity contribution in [3.8, 4) is 16.9 Å². The van der Waals surface area contributed by atoms with Gasteiger partial charge in [-0.3, -0.25) is 9.88 Å². The predicted octanol–water partition coefficient (Wildman–Crippen LogP) is 4.66. The zero-order chi connectivity index (χ0) is 19.4. The van der Waals surface area contributed by atoms with Gasteiger partial charge in [-0.2, -0.15) is 0 Å². The van der Waals surface area contributed by atoms with E-state index >= 15 is 0 Å². The van der Waals surface area contributed by atoms with Crippen LogP contribution in [0.1, 0.15) is 24.0 Å². The maximum atomic E-state index is 11.0. The van der Waals surface area contributed by atoms with Crippen LogP contribution in [0.4, 0.5) is 0 Å². The Morgan fingerprint density at radius 2 is 1.76 bits per heavy atom. The Morgan fingerprint density at radius 1 is 1.00 bits per heavy atom. The highest BCUT2D eigenvalue weighted by molar-refractivity contribution is 5.85. The molecule has 1 N–H and O–H groups in total. The van der Waals surface area contributed by atoms with E-state index in [0.29, 0.717) is 0 Å². The number of hydrogen-bond acceptors (Lipinski definition) is 4. The quantitative estimate of drug-likeness (QED) is 0.664. The van der Waals surface area contributed by atoms with E-state index < -0.39 is 5.60 Å². The van der Waals surface area contributed by atoms with E-state index in [4.69, 9.17) is 4.74 Å². The van der Waals surface area contributed by atoms with Gasteiger partial charge in [0, 0.05) is 37.6 Å². The fourth-order valence-corrected chi connectivity index (χ4v) is 3.87. The first-order valence-electron chi connectivity index (χ1n) is 9.75. The molecular weight excluding hydrogens is 384 g/mol. The number of piperidine rings is 1. The van der Waals surface area contributed by atoms with Crippen LogP contribution in [0, 0.1) is 0 Å². The molecule has 152 valence electrons. The third kappa shape index (κ3) is 4.96. The van der Waals surface area contributed by atoms with Crippen molar-refractivity contribution < 1.29 is 9.84 Å². The molecule has 0 unspecified atom stereocenters. The minimum atomic E-state index is -0.749. The fraction of sp³-hybridized carbons (Fsp3) is 0.292. The Labute approximate surface area is 178 Å². The zero-order valence-corrected chi connectivity index (χ0v) is 17.4. The van der Waals surface area contributed by atoms with Crippen LogP contribution in [0.15, 0.2) is 73.1 Å². The molecule has 0 aliphatic carbocycles. The lowest BCUT2D eigenvalue weighted by atomic mass is 9.85. The van der Waals surface area contributed by atoms with Crippen LogP contribution < -0.4 is 4.74 Å². The number of aliphatic hydroxyl groups is 1. The first-order valence-corrected chi connectivity index (χ1v) is 9.75. The van der Waals surface area contributed by atoms with Gasteiger partial charge in [0.1, 0.15) is 5.75 Å². The van der Waals surface area contributed by atoms with Gasteiger partial charge in [0.25, 0.3) is 0 Å². The van der Waals surface area contributed by atoms with Crippen molar-refractivity contribution in [3.05, 3.63) is 84.2 Å². The molecule has 0 atom stereocenters. The van der Waals surface area contributed by atoms with Gasteiger partial charge in [0.15, 0.2) is 0 Å². The molecule has 4 nitrogen and oxygen atoms in total. The van der Waals surface area contributed by atoms with Crippen molar-refractivity contribution in [2.45, 2.75) is 25.0 Å². The number of benzene rings is 2. The second kappa shape index (κ2) is 9.40. The topological polar surface area (TPSA) is 45.6 Å². The molecule has 0 amide bonds. The minimum Gasteiger partial charge on any atom is -0.497 e. The van der Waals surface area contributed by atoms with Crippen LogP contribution in [0.3, 0.4) is 0 Å². The van der Waals surface area contributed by atoms with Gasteiger partial charge in [-0.05, 0) is 47.7 Å². The summed E-state index contributed by atoms with van der Waals surface area (Å²) in [6, 6.07) is 20.7. The summed E-state index contributed by atoms with van der Waals surface area (Å²) in [5.74, 6) is 0.871. The average Bonchev–Trinajstić information content (AvgIpc) is 2.77. The van der Waals surface area contributed by atoms with E-state index in [1.165, 1.54) is 11.1 Å². The van der Waals surface area contributed by atoms with Gasteiger partial charge in [-0.15, -0.1) is 12.4 Å². The normalized spacial score (nSPS) is 16.1. The maximum absolute atomic E-state index is 11.0. The monoisotopic (exact) mass is 410 g/mol. The Hall–Kier alpha value is -2.40. The summed E-state index contributed by atoms with van der Waals surface area (Å²) in [5, 5.41) is 11.0. The van der Waals surface area contributed by atoms with Crippen LogP contribution >= 0.6 is 12.4 Å². The molecule has 1 aliphatic rings. The summed E-state index contributed by atoms with van der Waals surface area (Å²) in [6.45, 7) is 2.66. The van der Waals surface area contributed by atoms with Gasteiger partial charge in [0.05, 0.1) is 12.7 Å². The molecule has 1 aromatic heterocycles. The van der Waals surface area contributed by atoms with E-state index in [9.17, 15) is 5.11 Å². The number of halogens is 1. The number of hydrogen-bond donors (Lipinski definition) is 1. The summed E-state index contributed by atoms with van der Waals surface area (Å²) < 4.78 is 5.32. The van der Waals surface area contributed by atoms with Gasteiger partial charge in [-0.25, -0.2) is 0 Å². The van der Waals surface area contributed by atoms with Gasteiger partial charge in [-0.1, -0.05) is 42.5 Å². The Bertz CT molecular complexity index is 908. The lowest BCUT2D eigenvalue weighted by Crippen LogP contribution is -2.42. The number of pyridine rings is 1. The van der Waals surface area contributed by atoms with Gasteiger partial charge < -0.3 is 9.84 Å². The van der Waals surface area contributed by atoms with Crippen molar-refractivity contribution in [1.82, 2.24) is 9.88 Å². The third-order valence-corrected chi connectivity index (χ3v) is 5.65. The highest BCUT2D eigenvalue weighted by atomic mass is 35.5. The first-order chi connectivity index (χ1) is 13.7. The molecule has 3 aromatic rings. The number of nitrogens with zero attached hydrogens (tertiary/aromatic N) is 2. The molecule has 5 heteroatoms. The van der Waals surface area contributed by atoms with Crippen molar-refractivity contribution in [1.29, 1.82) is 0 Å². The summed E-state index contributed by atoms with van der Waals surface area (Å²) in [6.07, 6.45) is 5.01. The maximum Gasteiger partial charge on any atom is 0.119 e. The fourth-order valence-electron chi connectivity index (χ4n) is 3.87. The number of aromatic nitrogens is 1. The lowest BCUT2D eigenvalue weighted by molar-refractivity contribution is -0.0279. The molecule has 1 aliphatic heterocycles. The summed E-state index contributed by atoms with van der Waals surface area (Å²) in [5.41, 5.74) is 3.81. The summed E-state index contributed by atoms with van der Waals surface area (Å²) in [4.78, 5) is 6.56. The predicted molar refractivity (Wildman–Crippen MR) is 118 cm³/mol. The Kier molecular flexibility index (Phi) is 6.91. The molecule has 2 heterocycles. The Balaban J connectivity index is 0.00000240. The van der Waals surface area contributed by atoms with Crippen molar-refractivity contribution >= 4 is 12.4 Å². The second-order valence-electron chi connectivity index (χ2n) is 7.48. The minimum absolute atomic E-state index is 0. The Morgan fingerprint density at radius 3 is 2.41 bits per heavy atom. The average molecular weight is 411 g/mol. The molecule has 0 saturated carbocycles. The number of rotatable bonds is 5. The molecule has 2 aromatic carbocycles. The highest BCUT2D eigenvalue weighted by Crippen LogP contribution is 2.33. The third-order valence-electron chi connectivity index (χ3n) is 5.65. The van der Waals surface area contributed by atoms with Crippen LogP contribution in [-0.2, 0) is 12.1 Å². The van der Waals surface area contributed by atoms with Crippen molar-refractivity contribution in [3.63, 3.8) is 0 Å². The number of likely N-dealkylation sites (tertiary alicyclic amines) is 1.